The highest BCUT2D eigenvalue weighted by molar-refractivity contribution is 5.99. The van der Waals surface area contributed by atoms with Crippen LogP contribution in [0, 0.1) is 5.92 Å². The van der Waals surface area contributed by atoms with E-state index in [0.29, 0.717) is 56.2 Å². The van der Waals surface area contributed by atoms with Gasteiger partial charge in [-0.3, -0.25) is 62.5 Å². The maximum Gasteiger partial charge on any atom is 0.245 e. The lowest BCUT2D eigenvalue weighted by Crippen LogP contribution is -2.60. The van der Waals surface area contributed by atoms with E-state index in [1.807, 2.05) is 13.8 Å². The van der Waals surface area contributed by atoms with Gasteiger partial charge in [-0.2, -0.15) is 0 Å². The molecule has 0 spiro atoms. The van der Waals surface area contributed by atoms with Gasteiger partial charge in [-0.25, -0.2) is 0 Å². The number of carbonyl (C=O) groups excluding carboxylic acids is 12. The molecule has 0 aromatic heterocycles. The molecule has 2 heterocycles. The number of nitrogens with two attached hydrogens (primary N) is 7. The predicted molar refractivity (Wildman–Crippen MR) is 321 cm³/mol. The van der Waals surface area contributed by atoms with Gasteiger partial charge in [0.05, 0.1) is 12.6 Å². The van der Waals surface area contributed by atoms with Gasteiger partial charge in [-0.15, -0.1) is 0 Å². The normalized spacial score (nSPS) is 17.0. The highest BCUT2D eigenvalue weighted by Crippen LogP contribution is 2.23. The fourth-order valence-corrected chi connectivity index (χ4v) is 10.2. The summed E-state index contributed by atoms with van der Waals surface area (Å²) in [6, 6.07) is 5.86. The smallest absolute Gasteiger partial charge is 0.245 e. The number of primary amides is 3. The first-order valence-electron chi connectivity index (χ1n) is 29.5. The average molecular weight is 1220 g/mol. The Morgan fingerprint density at radius 1 is 0.540 bits per heavy atom. The minimum absolute atomic E-state index is 0.000390. The second-order valence-corrected chi connectivity index (χ2v) is 22.3. The second kappa shape index (κ2) is 36.3. The fraction of sp³-hybridized carbons (Fsp3) is 0.569. The summed E-state index contributed by atoms with van der Waals surface area (Å²) in [5, 5.41) is 18.3. The summed E-state index contributed by atoms with van der Waals surface area (Å²) in [4.78, 5) is 170. The Morgan fingerprint density at radius 2 is 1.01 bits per heavy atom. The summed E-state index contributed by atoms with van der Waals surface area (Å²) in [6.07, 6.45) is 1.31. The number of guanidine groups is 1. The Morgan fingerprint density at radius 3 is 1.49 bits per heavy atom. The van der Waals surface area contributed by atoms with Gasteiger partial charge in [0, 0.05) is 45.3 Å². The molecule has 2 aromatic carbocycles. The summed E-state index contributed by atoms with van der Waals surface area (Å²) >= 11 is 0. The number of hydrogen-bond acceptors (Lipinski definition) is 15. The van der Waals surface area contributed by atoms with E-state index in [4.69, 9.17) is 40.1 Å². The third-order valence-electron chi connectivity index (χ3n) is 14.8. The van der Waals surface area contributed by atoms with E-state index in [9.17, 15) is 57.5 Å². The molecule has 0 unspecified atom stereocenters. The summed E-state index contributed by atoms with van der Waals surface area (Å²) in [7, 11) is 0. The van der Waals surface area contributed by atoms with Crippen molar-refractivity contribution in [3.63, 3.8) is 0 Å². The van der Waals surface area contributed by atoms with Crippen molar-refractivity contribution in [2.24, 2.45) is 51.0 Å². The number of nitrogens with zero attached hydrogens (tertiary/aromatic N) is 3. The highest BCUT2D eigenvalue weighted by atomic mass is 16.2. The van der Waals surface area contributed by atoms with Crippen LogP contribution in [-0.4, -0.2) is 174 Å². The van der Waals surface area contributed by atoms with Crippen LogP contribution < -0.4 is 77.4 Å². The van der Waals surface area contributed by atoms with Gasteiger partial charge >= 0.3 is 0 Å². The van der Waals surface area contributed by atoms with Crippen LogP contribution in [0.1, 0.15) is 115 Å². The van der Waals surface area contributed by atoms with Crippen molar-refractivity contribution in [2.75, 3.05) is 32.7 Å². The van der Waals surface area contributed by atoms with Gasteiger partial charge in [0.25, 0.3) is 0 Å². The van der Waals surface area contributed by atoms with E-state index < -0.39 is 151 Å². The lowest BCUT2D eigenvalue weighted by molar-refractivity contribution is -0.144. The Labute approximate surface area is 506 Å². The molecule has 2 aliphatic rings. The maximum absolute atomic E-state index is 14.5. The largest absolute Gasteiger partial charge is 0.370 e. The van der Waals surface area contributed by atoms with Gasteiger partial charge < -0.3 is 87.2 Å². The number of unbranched alkanes of at least 4 members (excludes halogenated alkanes) is 1. The molecule has 0 aliphatic carbocycles. The fourth-order valence-electron chi connectivity index (χ4n) is 10.2. The Balaban J connectivity index is 1.56. The molecule has 2 aromatic rings. The van der Waals surface area contributed by atoms with Gasteiger partial charge in [0.15, 0.2) is 5.96 Å². The van der Waals surface area contributed by atoms with Crippen LogP contribution in [0.2, 0.25) is 0 Å². The van der Waals surface area contributed by atoms with Crippen LogP contribution in [0.25, 0.3) is 0 Å². The first kappa shape index (κ1) is 70.8. The number of benzene rings is 2. The summed E-state index contributed by atoms with van der Waals surface area (Å²) in [6.45, 7) is 3.98. The van der Waals surface area contributed by atoms with E-state index in [1.54, 1.807) is 60.7 Å². The quantitative estimate of drug-likeness (QED) is 0.0174. The Bertz CT molecular complexity index is 2710. The third kappa shape index (κ3) is 24.3. The van der Waals surface area contributed by atoms with Gasteiger partial charge in [-0.05, 0) is 101 Å². The molecule has 0 bridgehead atoms. The number of nitrogens with one attached hydrogen (secondary N) is 7. The zero-order chi connectivity index (χ0) is 64.2. The van der Waals surface area contributed by atoms with Gasteiger partial charge in [0.1, 0.15) is 48.3 Å². The molecule has 2 fully saturated rings. The lowest BCUT2D eigenvalue weighted by Gasteiger charge is -2.32. The van der Waals surface area contributed by atoms with Crippen molar-refractivity contribution in [3.05, 3.63) is 71.8 Å². The number of likely N-dealkylation sites (tertiary alicyclic amines) is 2. The average Bonchev–Trinajstić information content (AvgIpc) is 2.84. The van der Waals surface area contributed by atoms with Crippen molar-refractivity contribution in [2.45, 2.75) is 171 Å². The monoisotopic (exact) mass is 1220 g/mol. The predicted octanol–water partition coefficient (Wildman–Crippen LogP) is -3.95. The number of rotatable bonds is 37. The van der Waals surface area contributed by atoms with Crippen molar-refractivity contribution in [3.8, 4) is 0 Å². The molecule has 29 nitrogen and oxygen atoms in total. The van der Waals surface area contributed by atoms with E-state index in [2.05, 4.69) is 42.2 Å². The molecule has 12 amide bonds. The van der Waals surface area contributed by atoms with E-state index >= 15 is 0 Å². The molecule has 21 N–H and O–H groups in total. The van der Waals surface area contributed by atoms with E-state index in [0.717, 1.165) is 0 Å². The minimum Gasteiger partial charge on any atom is -0.370 e. The second-order valence-electron chi connectivity index (χ2n) is 22.3. The molecule has 0 saturated carbocycles. The minimum atomic E-state index is -1.62. The van der Waals surface area contributed by atoms with E-state index in [1.165, 1.54) is 9.80 Å². The molecule has 2 aliphatic heterocycles. The lowest BCUT2D eigenvalue weighted by atomic mass is 10.0. The zero-order valence-electron chi connectivity index (χ0n) is 49.7. The van der Waals surface area contributed by atoms with Crippen LogP contribution in [0.5, 0.6) is 0 Å². The Hall–Kier alpha value is -8.73. The number of aliphatic imine (C=N–C) groups is 1. The SMILES string of the molecule is CC(C)C[C@H](NC(=O)CNC(=O)[C@H](Cc1ccccc1)NC(=O)[C@H](Cc1ccccc1)NC(=O)[C@H](CCC(N)=O)NC(=O)[C@H](CCC(N)=O)NC(=O)[C@@H]1CCCN1C(=O)[C@H](CCCCN)NC(=O)[C@@H]1CCCN1C(=O)[C@@H](N)CCCN=C(N)N)C(N)=O. The first-order valence-corrected chi connectivity index (χ1v) is 29.5. The molecule has 0 radical (unpaired) electrons. The standard InChI is InChI=1S/C58H89N17O12/c1-34(2)30-41(49(63)79)68-48(78)33-67-50(80)42(31-35-14-5-3-6-15-35)72-53(83)43(32-36-16-7-4-8-17-36)73-52(82)38(22-24-46(61)76)69-51(81)39(23-25-47(62)77)70-54(84)45-21-13-29-75(45)57(87)40(19-9-10-26-59)71-55(85)44-20-12-28-74(44)56(86)37(60)18-11-27-66-58(64)65/h3-8,14-17,34,37-45H,9-13,18-33,59-60H2,1-2H3,(H2,61,76)(H2,62,77)(H2,63,79)(H,67,80)(H,68,78)(H,69,81)(H,70,84)(H,71,85)(H,72,83)(H,73,82)(H4,64,65,66)/t37-,38-,39-,40-,41-,42-,43-,44-,45-/m0/s1. The van der Waals surface area contributed by atoms with Crippen molar-refractivity contribution < 1.29 is 57.5 Å². The zero-order valence-corrected chi connectivity index (χ0v) is 49.7. The molecule has 9 atom stereocenters. The molecule has 4 rings (SSSR count). The molecule has 2 saturated heterocycles. The topological polar surface area (TPSA) is 490 Å². The highest BCUT2D eigenvalue weighted by Gasteiger charge is 2.42. The van der Waals surface area contributed by atoms with Crippen LogP contribution in [0.4, 0.5) is 0 Å². The Kier molecular flexibility index (Phi) is 29.5. The molecule has 29 heteroatoms. The summed E-state index contributed by atoms with van der Waals surface area (Å²) < 4.78 is 0. The number of carbonyl (C=O) groups is 12. The molecular formula is C58H89N17O12. The van der Waals surface area contributed by atoms with Crippen LogP contribution in [-0.2, 0) is 70.4 Å². The molecule has 87 heavy (non-hydrogen) atoms. The van der Waals surface area contributed by atoms with Crippen molar-refractivity contribution in [1.29, 1.82) is 0 Å². The van der Waals surface area contributed by atoms with Gasteiger partial charge in [-0.1, -0.05) is 74.5 Å². The van der Waals surface area contributed by atoms with Crippen molar-refractivity contribution >= 4 is 76.8 Å². The summed E-state index contributed by atoms with van der Waals surface area (Å²) in [5.74, 6) is -9.40. The van der Waals surface area contributed by atoms with Crippen LogP contribution >= 0.6 is 0 Å². The number of hydrogen-bond donors (Lipinski definition) is 14. The third-order valence-corrected chi connectivity index (χ3v) is 14.8. The van der Waals surface area contributed by atoms with Gasteiger partial charge in [0.2, 0.25) is 70.9 Å². The summed E-state index contributed by atoms with van der Waals surface area (Å²) in [5.41, 5.74) is 40.5. The van der Waals surface area contributed by atoms with Crippen molar-refractivity contribution in [1.82, 2.24) is 47.0 Å². The maximum atomic E-state index is 14.5. The molecule has 478 valence electrons. The first-order chi connectivity index (χ1) is 41.4. The van der Waals surface area contributed by atoms with Crippen LogP contribution in [0.3, 0.4) is 0 Å². The van der Waals surface area contributed by atoms with E-state index in [-0.39, 0.29) is 76.5 Å². The molecular weight excluding hydrogens is 1130 g/mol. The number of amides is 12. The van der Waals surface area contributed by atoms with Crippen LogP contribution in [0.15, 0.2) is 65.7 Å².